The molecule has 0 atom stereocenters. The summed E-state index contributed by atoms with van der Waals surface area (Å²) in [6.07, 6.45) is 0.836. The number of carboxylic acids is 1. The number of aliphatic carboxylic acids is 1. The quantitative estimate of drug-likeness (QED) is 0.744. The second-order valence-corrected chi connectivity index (χ2v) is 5.18. The van der Waals surface area contributed by atoms with Crippen molar-refractivity contribution in [3.8, 4) is 0 Å². The highest BCUT2D eigenvalue weighted by atomic mass is 32.2. The molecule has 0 aromatic heterocycles. The molecule has 0 unspecified atom stereocenters. The van der Waals surface area contributed by atoms with Gasteiger partial charge in [-0.25, -0.2) is 0 Å². The van der Waals surface area contributed by atoms with E-state index in [1.807, 2.05) is 37.3 Å². The average Bonchev–Trinajstić information content (AvgIpc) is 2.41. The van der Waals surface area contributed by atoms with Gasteiger partial charge in [0.1, 0.15) is 0 Å². The van der Waals surface area contributed by atoms with Gasteiger partial charge < -0.3 is 10.0 Å². The van der Waals surface area contributed by atoms with Crippen molar-refractivity contribution in [1.82, 2.24) is 4.90 Å². The number of carbonyl (C=O) groups excluding carboxylic acids is 1. The van der Waals surface area contributed by atoms with Crippen LogP contribution in [0.1, 0.15) is 19.8 Å². The second kappa shape index (κ2) is 8.58. The molecule has 0 aliphatic rings. The highest BCUT2D eigenvalue weighted by Gasteiger charge is 2.14. The molecule has 0 aliphatic heterocycles. The monoisotopic (exact) mass is 281 g/mol. The third kappa shape index (κ3) is 6.29. The van der Waals surface area contributed by atoms with Gasteiger partial charge in [-0.15, -0.1) is 11.8 Å². The Balaban J connectivity index is 2.45. The van der Waals surface area contributed by atoms with Crippen LogP contribution in [0, 0.1) is 0 Å². The van der Waals surface area contributed by atoms with Crippen molar-refractivity contribution in [3.63, 3.8) is 0 Å². The molecule has 1 aromatic rings. The summed E-state index contributed by atoms with van der Waals surface area (Å²) in [4.78, 5) is 25.3. The van der Waals surface area contributed by atoms with Crippen molar-refractivity contribution < 1.29 is 14.7 Å². The zero-order valence-electron chi connectivity index (χ0n) is 11.0. The van der Waals surface area contributed by atoms with Crippen LogP contribution in [0.25, 0.3) is 0 Å². The van der Waals surface area contributed by atoms with Crippen molar-refractivity contribution in [1.29, 1.82) is 0 Å². The van der Waals surface area contributed by atoms with Gasteiger partial charge in [-0.2, -0.15) is 0 Å². The normalized spacial score (nSPS) is 10.2. The maximum absolute atomic E-state index is 12.0. The third-order valence-electron chi connectivity index (χ3n) is 2.55. The maximum atomic E-state index is 12.0. The molecule has 0 heterocycles. The SMILES string of the molecule is CCCN(CCC(=O)O)C(=O)CSc1ccccc1. The molecule has 4 nitrogen and oxygen atoms in total. The van der Waals surface area contributed by atoms with E-state index >= 15 is 0 Å². The Morgan fingerprint density at radius 3 is 2.47 bits per heavy atom. The van der Waals surface area contributed by atoms with Gasteiger partial charge in [-0.05, 0) is 18.6 Å². The molecule has 104 valence electrons. The average molecular weight is 281 g/mol. The summed E-state index contributed by atoms with van der Waals surface area (Å²) < 4.78 is 0. The van der Waals surface area contributed by atoms with E-state index in [0.29, 0.717) is 12.3 Å². The Kier molecular flexibility index (Phi) is 7.03. The van der Waals surface area contributed by atoms with Gasteiger partial charge in [0, 0.05) is 18.0 Å². The number of nitrogens with zero attached hydrogens (tertiary/aromatic N) is 1. The molecule has 0 saturated carbocycles. The Morgan fingerprint density at radius 1 is 1.21 bits per heavy atom. The summed E-state index contributed by atoms with van der Waals surface area (Å²) in [5.74, 6) is -0.523. The number of rotatable bonds is 8. The maximum Gasteiger partial charge on any atom is 0.305 e. The van der Waals surface area contributed by atoms with Crippen molar-refractivity contribution >= 4 is 23.6 Å². The summed E-state index contributed by atoms with van der Waals surface area (Å²) in [5.41, 5.74) is 0. The number of carbonyl (C=O) groups is 2. The molecule has 5 heteroatoms. The number of carboxylic acid groups (broad SMARTS) is 1. The molecule has 0 aliphatic carbocycles. The first-order chi connectivity index (χ1) is 9.13. The summed E-state index contributed by atoms with van der Waals surface area (Å²) >= 11 is 1.48. The van der Waals surface area contributed by atoms with Gasteiger partial charge in [0.05, 0.1) is 12.2 Å². The second-order valence-electron chi connectivity index (χ2n) is 4.13. The van der Waals surface area contributed by atoms with Gasteiger partial charge in [0.15, 0.2) is 0 Å². The van der Waals surface area contributed by atoms with Crippen LogP contribution in [0.5, 0.6) is 0 Å². The van der Waals surface area contributed by atoms with E-state index in [2.05, 4.69) is 0 Å². The fraction of sp³-hybridized carbons (Fsp3) is 0.429. The first-order valence-corrected chi connectivity index (χ1v) is 7.29. The highest BCUT2D eigenvalue weighted by Crippen LogP contribution is 2.17. The highest BCUT2D eigenvalue weighted by molar-refractivity contribution is 8.00. The number of hydrogen-bond donors (Lipinski definition) is 1. The third-order valence-corrected chi connectivity index (χ3v) is 3.54. The number of thioether (sulfide) groups is 1. The lowest BCUT2D eigenvalue weighted by Crippen LogP contribution is -2.35. The van der Waals surface area contributed by atoms with E-state index < -0.39 is 5.97 Å². The zero-order valence-corrected chi connectivity index (χ0v) is 11.9. The molecule has 1 aromatic carbocycles. The molecule has 1 N–H and O–H groups in total. The van der Waals surface area contributed by atoms with Crippen molar-refractivity contribution in [2.45, 2.75) is 24.7 Å². The Morgan fingerprint density at radius 2 is 1.89 bits per heavy atom. The minimum Gasteiger partial charge on any atom is -0.481 e. The number of amides is 1. The lowest BCUT2D eigenvalue weighted by atomic mass is 10.3. The topological polar surface area (TPSA) is 57.6 Å². The van der Waals surface area contributed by atoms with Gasteiger partial charge in [-0.1, -0.05) is 25.1 Å². The Labute approximate surface area is 117 Å². The van der Waals surface area contributed by atoms with Crippen LogP contribution >= 0.6 is 11.8 Å². The van der Waals surface area contributed by atoms with Crippen LogP contribution in [-0.2, 0) is 9.59 Å². The summed E-state index contributed by atoms with van der Waals surface area (Å²) in [6, 6.07) is 9.71. The van der Waals surface area contributed by atoms with Crippen LogP contribution in [0.4, 0.5) is 0 Å². The van der Waals surface area contributed by atoms with Crippen LogP contribution in [0.2, 0.25) is 0 Å². The first kappa shape index (κ1) is 15.6. The Hall–Kier alpha value is -1.49. The Bertz CT molecular complexity index is 408. The van der Waals surface area contributed by atoms with E-state index in [1.54, 1.807) is 4.90 Å². The van der Waals surface area contributed by atoms with E-state index in [1.165, 1.54) is 11.8 Å². The van der Waals surface area contributed by atoms with Crippen LogP contribution < -0.4 is 0 Å². The van der Waals surface area contributed by atoms with Gasteiger partial charge in [-0.3, -0.25) is 9.59 Å². The smallest absolute Gasteiger partial charge is 0.305 e. The molecule has 1 rings (SSSR count). The molecular formula is C14H19NO3S. The standard InChI is InChI=1S/C14H19NO3S/c1-2-9-15(10-8-14(17)18)13(16)11-19-12-6-4-3-5-7-12/h3-7H,2,8-11H2,1H3,(H,17,18). The predicted molar refractivity (Wildman–Crippen MR) is 76.3 cm³/mol. The van der Waals surface area contributed by atoms with E-state index in [0.717, 1.165) is 11.3 Å². The minimum atomic E-state index is -0.871. The lowest BCUT2D eigenvalue weighted by Gasteiger charge is -2.21. The fourth-order valence-electron chi connectivity index (χ4n) is 1.61. The lowest BCUT2D eigenvalue weighted by molar-refractivity contribution is -0.138. The van der Waals surface area contributed by atoms with Crippen molar-refractivity contribution in [2.75, 3.05) is 18.8 Å². The summed E-state index contributed by atoms with van der Waals surface area (Å²) in [7, 11) is 0. The number of hydrogen-bond acceptors (Lipinski definition) is 3. The predicted octanol–water partition coefficient (Wildman–Crippen LogP) is 2.49. The fourth-order valence-corrected chi connectivity index (χ4v) is 2.44. The van der Waals surface area contributed by atoms with Crippen LogP contribution in [0.15, 0.2) is 35.2 Å². The van der Waals surface area contributed by atoms with Crippen LogP contribution in [-0.4, -0.2) is 40.7 Å². The molecule has 19 heavy (non-hydrogen) atoms. The van der Waals surface area contributed by atoms with E-state index in [4.69, 9.17) is 5.11 Å². The first-order valence-electron chi connectivity index (χ1n) is 6.31. The zero-order chi connectivity index (χ0) is 14.1. The number of benzene rings is 1. The van der Waals surface area contributed by atoms with Gasteiger partial charge in [0.2, 0.25) is 5.91 Å². The van der Waals surface area contributed by atoms with Gasteiger partial charge in [0.25, 0.3) is 0 Å². The molecular weight excluding hydrogens is 262 g/mol. The molecule has 0 bridgehead atoms. The minimum absolute atomic E-state index is 0.00173. The van der Waals surface area contributed by atoms with Crippen LogP contribution in [0.3, 0.4) is 0 Å². The molecule has 0 fully saturated rings. The summed E-state index contributed by atoms with van der Waals surface area (Å²) in [5, 5.41) is 8.68. The molecule has 0 saturated heterocycles. The molecule has 1 amide bonds. The van der Waals surface area contributed by atoms with Crippen molar-refractivity contribution in [2.24, 2.45) is 0 Å². The largest absolute Gasteiger partial charge is 0.481 e. The van der Waals surface area contributed by atoms with E-state index in [9.17, 15) is 9.59 Å². The molecule has 0 radical (unpaired) electrons. The molecule has 0 spiro atoms. The van der Waals surface area contributed by atoms with E-state index in [-0.39, 0.29) is 18.9 Å². The summed E-state index contributed by atoms with van der Waals surface area (Å²) in [6.45, 7) is 2.88. The van der Waals surface area contributed by atoms with Gasteiger partial charge >= 0.3 is 5.97 Å². The van der Waals surface area contributed by atoms with Crippen molar-refractivity contribution in [3.05, 3.63) is 30.3 Å².